The first-order chi connectivity index (χ1) is 15.3. The lowest BCUT2D eigenvalue weighted by Gasteiger charge is -2.32. The van der Waals surface area contributed by atoms with Crippen LogP contribution in [0.1, 0.15) is 107 Å². The van der Waals surface area contributed by atoms with Gasteiger partial charge in [0.15, 0.2) is 0 Å². The summed E-state index contributed by atoms with van der Waals surface area (Å²) < 4.78 is 6.38. The molecule has 0 atom stereocenters. The molecule has 0 spiro atoms. The highest BCUT2D eigenvalue weighted by Crippen LogP contribution is 2.36. The Morgan fingerprint density at radius 2 is 1.65 bits per heavy atom. The first-order valence-corrected chi connectivity index (χ1v) is 13.0. The summed E-state index contributed by atoms with van der Waals surface area (Å²) in [7, 11) is 0. The quantitative estimate of drug-likeness (QED) is 0.267. The van der Waals surface area contributed by atoms with Gasteiger partial charge < -0.3 is 4.74 Å². The Kier molecular flexibility index (Phi) is 10.7. The maximum atomic E-state index is 8.57. The van der Waals surface area contributed by atoms with Gasteiger partial charge in [-0.1, -0.05) is 62.9 Å². The molecule has 3 rings (SSSR count). The van der Waals surface area contributed by atoms with Gasteiger partial charge in [0.2, 0.25) is 0 Å². The fourth-order valence-corrected chi connectivity index (χ4v) is 5.53. The molecule has 0 N–H and O–H groups in total. The molecule has 2 nitrogen and oxygen atoms in total. The number of aryl methyl sites for hydroxylation is 1. The third kappa shape index (κ3) is 8.46. The molecule has 2 aliphatic carbocycles. The molecule has 0 unspecified atom stereocenters. The number of unbranched alkanes of at least 4 members (excludes halogenated alkanes) is 2. The van der Waals surface area contributed by atoms with Gasteiger partial charge in [-0.05, 0) is 93.1 Å². The normalized spacial score (nSPS) is 26.7. The Morgan fingerprint density at radius 1 is 0.935 bits per heavy atom. The average Bonchev–Trinajstić information content (AvgIpc) is 2.82. The molecule has 0 amide bonds. The van der Waals surface area contributed by atoms with Gasteiger partial charge in [-0.2, -0.15) is 5.26 Å². The highest BCUT2D eigenvalue weighted by atomic mass is 16.5. The first kappa shape index (κ1) is 24.1. The Hall–Kier alpha value is -1.59. The van der Waals surface area contributed by atoms with E-state index in [4.69, 9.17) is 10.00 Å². The van der Waals surface area contributed by atoms with Gasteiger partial charge in [-0.3, -0.25) is 0 Å². The molecule has 0 saturated heterocycles. The second kappa shape index (κ2) is 13.7. The van der Waals surface area contributed by atoms with Crippen LogP contribution >= 0.6 is 0 Å². The zero-order valence-corrected chi connectivity index (χ0v) is 19.7. The van der Waals surface area contributed by atoms with Gasteiger partial charge in [0.05, 0.1) is 12.2 Å². The average molecular weight is 422 g/mol. The number of hydrogen-bond acceptors (Lipinski definition) is 2. The van der Waals surface area contributed by atoms with E-state index in [-0.39, 0.29) is 0 Å². The number of hydrogen-bond donors (Lipinski definition) is 0. The van der Waals surface area contributed by atoms with Gasteiger partial charge in [0.25, 0.3) is 0 Å². The summed E-state index contributed by atoms with van der Waals surface area (Å²) in [6.07, 6.45) is 22.0. The molecule has 0 radical (unpaired) electrons. The van der Waals surface area contributed by atoms with Crippen molar-refractivity contribution in [2.24, 2.45) is 11.8 Å². The summed E-state index contributed by atoms with van der Waals surface area (Å²) in [4.78, 5) is 0. The van der Waals surface area contributed by atoms with Crippen LogP contribution in [0.2, 0.25) is 0 Å². The van der Waals surface area contributed by atoms with Gasteiger partial charge >= 0.3 is 0 Å². The van der Waals surface area contributed by atoms with Crippen LogP contribution in [0, 0.1) is 23.2 Å². The van der Waals surface area contributed by atoms with Crippen molar-refractivity contribution in [3.05, 3.63) is 47.5 Å². The molecular formula is C29H43NO. The summed E-state index contributed by atoms with van der Waals surface area (Å²) in [6, 6.07) is 11.6. The number of nitriles is 1. The molecule has 1 aromatic rings. The Labute approximate surface area is 191 Å². The molecule has 2 fully saturated rings. The van der Waals surface area contributed by atoms with Crippen LogP contribution in [0.4, 0.5) is 0 Å². The van der Waals surface area contributed by atoms with Crippen molar-refractivity contribution < 1.29 is 4.74 Å². The van der Waals surface area contributed by atoms with Gasteiger partial charge in [0, 0.05) is 12.7 Å². The number of benzene rings is 1. The van der Waals surface area contributed by atoms with Gasteiger partial charge in [0.1, 0.15) is 0 Å². The Morgan fingerprint density at radius 3 is 2.32 bits per heavy atom. The maximum absolute atomic E-state index is 8.57. The highest BCUT2D eigenvalue weighted by molar-refractivity contribution is 5.26. The van der Waals surface area contributed by atoms with E-state index in [1.807, 2.05) is 6.08 Å². The fourth-order valence-electron chi connectivity index (χ4n) is 5.53. The molecule has 2 heteroatoms. The summed E-state index contributed by atoms with van der Waals surface area (Å²) in [5.74, 6) is 2.35. The lowest BCUT2D eigenvalue weighted by Crippen LogP contribution is -2.25. The maximum Gasteiger partial charge on any atom is 0.0908 e. The Balaban J connectivity index is 1.29. The molecule has 0 aromatic heterocycles. The summed E-state index contributed by atoms with van der Waals surface area (Å²) in [6.45, 7) is 3.25. The van der Waals surface area contributed by atoms with Crippen molar-refractivity contribution in [2.75, 3.05) is 6.61 Å². The predicted octanol–water partition coefficient (Wildman–Crippen LogP) is 8.13. The van der Waals surface area contributed by atoms with E-state index >= 15 is 0 Å². The number of ether oxygens (including phenoxy) is 1. The molecule has 2 aliphatic rings. The molecule has 0 bridgehead atoms. The SMILES string of the molecule is CCCCCc1ccc([C@H]2CC[C@H](OC[C@H]3CC[C@H](CC/C=C/C#N)CC3)CC2)cc1. The van der Waals surface area contributed by atoms with Crippen molar-refractivity contribution in [2.45, 2.75) is 109 Å². The number of rotatable bonds is 11. The number of nitrogens with zero attached hydrogens (tertiary/aromatic N) is 1. The monoisotopic (exact) mass is 421 g/mol. The molecule has 0 heterocycles. The standard InChI is InChI=1S/C29H43NO/c1-2-3-5-8-25-14-16-27(17-15-25)28-18-20-29(21-19-28)31-23-26-12-10-24(11-13-26)9-6-4-7-22-30/h4,7,14-17,24,26,28-29H,2-3,5-6,8-13,18-21,23H2,1H3/b7-4+/t24-,26-,28-,29-. The van der Waals surface area contributed by atoms with Crippen molar-refractivity contribution in [3.63, 3.8) is 0 Å². The van der Waals surface area contributed by atoms with E-state index in [2.05, 4.69) is 37.3 Å². The minimum atomic E-state index is 0.485. The zero-order valence-electron chi connectivity index (χ0n) is 19.7. The van der Waals surface area contributed by atoms with Crippen molar-refractivity contribution in [1.82, 2.24) is 0 Å². The number of allylic oxidation sites excluding steroid dienone is 2. The molecule has 1 aromatic carbocycles. The van der Waals surface area contributed by atoms with Crippen LogP contribution < -0.4 is 0 Å². The van der Waals surface area contributed by atoms with E-state index < -0.39 is 0 Å². The molecular weight excluding hydrogens is 378 g/mol. The first-order valence-electron chi connectivity index (χ1n) is 13.0. The lowest BCUT2D eigenvalue weighted by molar-refractivity contribution is -0.00474. The predicted molar refractivity (Wildman–Crippen MR) is 130 cm³/mol. The smallest absolute Gasteiger partial charge is 0.0908 e. The molecule has 31 heavy (non-hydrogen) atoms. The van der Waals surface area contributed by atoms with E-state index in [1.54, 1.807) is 11.6 Å². The highest BCUT2D eigenvalue weighted by Gasteiger charge is 2.25. The van der Waals surface area contributed by atoms with Gasteiger partial charge in [-0.15, -0.1) is 0 Å². The van der Waals surface area contributed by atoms with Crippen molar-refractivity contribution >= 4 is 0 Å². The topological polar surface area (TPSA) is 33.0 Å². The van der Waals surface area contributed by atoms with E-state index in [0.717, 1.165) is 30.8 Å². The van der Waals surface area contributed by atoms with Crippen LogP contribution in [0.3, 0.4) is 0 Å². The molecule has 0 aliphatic heterocycles. The minimum Gasteiger partial charge on any atom is -0.378 e. The third-order valence-corrected chi connectivity index (χ3v) is 7.66. The van der Waals surface area contributed by atoms with E-state index in [0.29, 0.717) is 6.10 Å². The summed E-state index contributed by atoms with van der Waals surface area (Å²) >= 11 is 0. The fraction of sp³-hybridized carbons (Fsp3) is 0.690. The van der Waals surface area contributed by atoms with Crippen LogP contribution in [-0.4, -0.2) is 12.7 Å². The van der Waals surface area contributed by atoms with Crippen molar-refractivity contribution in [3.8, 4) is 6.07 Å². The summed E-state index contributed by atoms with van der Waals surface area (Å²) in [5, 5.41) is 8.57. The zero-order chi connectivity index (χ0) is 21.7. The van der Waals surface area contributed by atoms with E-state index in [9.17, 15) is 0 Å². The Bertz CT molecular complexity index is 670. The summed E-state index contributed by atoms with van der Waals surface area (Å²) in [5.41, 5.74) is 3.04. The van der Waals surface area contributed by atoms with E-state index in [1.165, 1.54) is 89.0 Å². The third-order valence-electron chi connectivity index (χ3n) is 7.66. The largest absolute Gasteiger partial charge is 0.378 e. The lowest BCUT2D eigenvalue weighted by atomic mass is 9.80. The minimum absolute atomic E-state index is 0.485. The van der Waals surface area contributed by atoms with Gasteiger partial charge in [-0.25, -0.2) is 0 Å². The second-order valence-electron chi connectivity index (χ2n) is 10.0. The molecule has 170 valence electrons. The van der Waals surface area contributed by atoms with Crippen LogP contribution in [0.15, 0.2) is 36.4 Å². The molecule has 2 saturated carbocycles. The second-order valence-corrected chi connectivity index (χ2v) is 10.0. The van der Waals surface area contributed by atoms with Crippen LogP contribution in [-0.2, 0) is 11.2 Å². The van der Waals surface area contributed by atoms with Crippen LogP contribution in [0.25, 0.3) is 0 Å². The van der Waals surface area contributed by atoms with Crippen molar-refractivity contribution in [1.29, 1.82) is 5.26 Å². The van der Waals surface area contributed by atoms with Crippen LogP contribution in [0.5, 0.6) is 0 Å².